The lowest BCUT2D eigenvalue weighted by Crippen LogP contribution is -2.52. The summed E-state index contributed by atoms with van der Waals surface area (Å²) in [6, 6.07) is 12.5. The molecule has 1 saturated heterocycles. The first-order valence-corrected chi connectivity index (χ1v) is 12.0. The minimum atomic E-state index is -0.316. The van der Waals surface area contributed by atoms with Crippen LogP contribution in [0.5, 0.6) is 23.0 Å². The van der Waals surface area contributed by atoms with Gasteiger partial charge in [0.1, 0.15) is 5.75 Å². The third-order valence-corrected chi connectivity index (χ3v) is 5.81. The Hall–Kier alpha value is -3.46. The second-order valence-corrected chi connectivity index (χ2v) is 8.95. The lowest BCUT2D eigenvalue weighted by Gasteiger charge is -2.36. The maximum Gasteiger partial charge on any atom is 0.260 e. The highest BCUT2D eigenvalue weighted by atomic mass is 16.5. The third kappa shape index (κ3) is 7.04. The van der Waals surface area contributed by atoms with Gasteiger partial charge in [-0.05, 0) is 30.2 Å². The normalized spacial score (nSPS) is 15.4. The molecule has 1 fully saturated rings. The predicted octanol–water partition coefficient (Wildman–Crippen LogP) is 3.12. The molecule has 0 bridgehead atoms. The molecular weight excluding hydrogens is 464 g/mol. The van der Waals surface area contributed by atoms with Crippen LogP contribution < -0.4 is 18.9 Å². The van der Waals surface area contributed by atoms with Crippen LogP contribution in [0.15, 0.2) is 42.5 Å². The number of morpholine rings is 1. The minimum absolute atomic E-state index is 0.0448. The van der Waals surface area contributed by atoms with Gasteiger partial charge in [0.15, 0.2) is 18.1 Å². The van der Waals surface area contributed by atoms with Crippen LogP contribution in [0.2, 0.25) is 0 Å². The van der Waals surface area contributed by atoms with Crippen molar-refractivity contribution >= 4 is 11.8 Å². The largest absolute Gasteiger partial charge is 0.493 e. The van der Waals surface area contributed by atoms with Crippen LogP contribution in [0.4, 0.5) is 0 Å². The molecule has 3 rings (SSSR count). The van der Waals surface area contributed by atoms with E-state index >= 15 is 0 Å². The van der Waals surface area contributed by atoms with Gasteiger partial charge in [-0.3, -0.25) is 9.59 Å². The number of nitrogens with zero attached hydrogens (tertiary/aromatic N) is 2. The lowest BCUT2D eigenvalue weighted by atomic mass is 10.1. The first-order chi connectivity index (χ1) is 17.4. The molecule has 1 heterocycles. The Bertz CT molecular complexity index is 987. The summed E-state index contributed by atoms with van der Waals surface area (Å²) in [5, 5.41) is 0. The maximum atomic E-state index is 13.6. The summed E-state index contributed by atoms with van der Waals surface area (Å²) in [6.07, 6.45) is -0.316. The average molecular weight is 501 g/mol. The molecule has 1 atom stereocenters. The van der Waals surface area contributed by atoms with Gasteiger partial charge in [-0.1, -0.05) is 32.0 Å². The Morgan fingerprint density at radius 2 is 1.72 bits per heavy atom. The van der Waals surface area contributed by atoms with E-state index in [4.69, 9.17) is 23.7 Å². The van der Waals surface area contributed by atoms with Crippen molar-refractivity contribution in [3.63, 3.8) is 0 Å². The monoisotopic (exact) mass is 500 g/mol. The molecule has 1 aliphatic heterocycles. The number of carbonyl (C=O) groups excluding carboxylic acids is 2. The van der Waals surface area contributed by atoms with Crippen LogP contribution in [0.3, 0.4) is 0 Å². The molecule has 196 valence electrons. The summed E-state index contributed by atoms with van der Waals surface area (Å²) >= 11 is 0. The summed E-state index contributed by atoms with van der Waals surface area (Å²) in [6.45, 7) is 6.19. The Morgan fingerprint density at radius 3 is 2.31 bits per heavy atom. The summed E-state index contributed by atoms with van der Waals surface area (Å²) in [5.74, 6) is 1.84. The van der Waals surface area contributed by atoms with Gasteiger partial charge in [-0.15, -0.1) is 0 Å². The molecule has 0 radical (unpaired) electrons. The minimum Gasteiger partial charge on any atom is -0.493 e. The number of hydrogen-bond acceptors (Lipinski definition) is 7. The molecule has 9 nitrogen and oxygen atoms in total. The van der Waals surface area contributed by atoms with E-state index in [-0.39, 0.29) is 30.4 Å². The number of carbonyl (C=O) groups is 2. The van der Waals surface area contributed by atoms with Crippen LogP contribution in [0.1, 0.15) is 24.2 Å². The maximum absolute atomic E-state index is 13.6. The van der Waals surface area contributed by atoms with Crippen molar-refractivity contribution in [2.45, 2.75) is 20.0 Å². The van der Waals surface area contributed by atoms with E-state index < -0.39 is 0 Å². The van der Waals surface area contributed by atoms with Crippen LogP contribution in [-0.2, 0) is 9.53 Å². The van der Waals surface area contributed by atoms with Crippen LogP contribution in [0, 0.1) is 5.92 Å². The molecule has 0 saturated carbocycles. The number of methoxy groups -OCH3 is 3. The second-order valence-electron chi connectivity index (χ2n) is 8.95. The number of amides is 2. The Kier molecular flexibility index (Phi) is 9.81. The Balaban J connectivity index is 1.70. The molecule has 0 spiro atoms. The number of ether oxygens (including phenoxy) is 5. The van der Waals surface area contributed by atoms with Crippen LogP contribution in [0.25, 0.3) is 0 Å². The fourth-order valence-electron chi connectivity index (χ4n) is 4.12. The zero-order valence-electron chi connectivity index (χ0n) is 21.7. The molecule has 2 amide bonds. The highest BCUT2D eigenvalue weighted by molar-refractivity contribution is 5.95. The topological polar surface area (TPSA) is 86.8 Å². The van der Waals surface area contributed by atoms with E-state index in [1.165, 1.54) is 21.3 Å². The van der Waals surface area contributed by atoms with Gasteiger partial charge in [0.25, 0.3) is 11.8 Å². The SMILES string of the molecule is COc1cc(C(=O)N(CC(C)C)C[C@H]2CN(C(=O)COc3ccccc3)CCO2)cc(OC)c1OC. The quantitative estimate of drug-likeness (QED) is 0.469. The second kappa shape index (κ2) is 13.0. The third-order valence-electron chi connectivity index (χ3n) is 5.81. The smallest absolute Gasteiger partial charge is 0.260 e. The van der Waals surface area contributed by atoms with Crippen molar-refractivity contribution in [2.75, 3.05) is 60.7 Å². The van der Waals surface area contributed by atoms with E-state index in [1.54, 1.807) is 21.9 Å². The first kappa shape index (κ1) is 27.1. The summed E-state index contributed by atoms with van der Waals surface area (Å²) in [7, 11) is 4.55. The number of benzene rings is 2. The summed E-state index contributed by atoms with van der Waals surface area (Å²) in [5.41, 5.74) is 0.421. The van der Waals surface area contributed by atoms with E-state index in [0.717, 1.165) is 0 Å². The van der Waals surface area contributed by atoms with Crippen molar-refractivity contribution in [2.24, 2.45) is 5.92 Å². The molecule has 2 aromatic rings. The molecule has 0 aromatic heterocycles. The molecular formula is C27H36N2O7. The summed E-state index contributed by atoms with van der Waals surface area (Å²) in [4.78, 5) is 29.8. The fourth-order valence-corrected chi connectivity index (χ4v) is 4.12. The molecule has 0 N–H and O–H groups in total. The van der Waals surface area contributed by atoms with Crippen molar-refractivity contribution in [3.05, 3.63) is 48.0 Å². The van der Waals surface area contributed by atoms with Crippen LogP contribution in [-0.4, -0.2) is 88.4 Å². The molecule has 0 aliphatic carbocycles. The predicted molar refractivity (Wildman–Crippen MR) is 135 cm³/mol. The number of rotatable bonds is 11. The zero-order chi connectivity index (χ0) is 26.1. The molecule has 36 heavy (non-hydrogen) atoms. The van der Waals surface area contributed by atoms with Crippen molar-refractivity contribution in [1.29, 1.82) is 0 Å². The van der Waals surface area contributed by atoms with Crippen molar-refractivity contribution in [1.82, 2.24) is 9.80 Å². The van der Waals surface area contributed by atoms with Gasteiger partial charge >= 0.3 is 0 Å². The molecule has 9 heteroatoms. The van der Waals surface area contributed by atoms with E-state index in [0.29, 0.717) is 61.3 Å². The Morgan fingerprint density at radius 1 is 1.06 bits per heavy atom. The summed E-state index contributed by atoms with van der Waals surface area (Å²) < 4.78 is 27.8. The molecule has 2 aromatic carbocycles. The van der Waals surface area contributed by atoms with E-state index in [1.807, 2.05) is 44.2 Å². The molecule has 1 aliphatic rings. The van der Waals surface area contributed by atoms with Gasteiger partial charge in [0.05, 0.1) is 34.0 Å². The van der Waals surface area contributed by atoms with E-state index in [9.17, 15) is 9.59 Å². The number of hydrogen-bond donors (Lipinski definition) is 0. The lowest BCUT2D eigenvalue weighted by molar-refractivity contribution is -0.141. The van der Waals surface area contributed by atoms with Gasteiger partial charge in [-0.25, -0.2) is 0 Å². The van der Waals surface area contributed by atoms with Crippen LogP contribution >= 0.6 is 0 Å². The van der Waals surface area contributed by atoms with Crippen molar-refractivity contribution in [3.8, 4) is 23.0 Å². The van der Waals surface area contributed by atoms with Gasteiger partial charge in [-0.2, -0.15) is 0 Å². The first-order valence-electron chi connectivity index (χ1n) is 12.0. The molecule has 0 unspecified atom stereocenters. The standard InChI is InChI=1S/C27H36N2O7/c1-19(2)15-29(27(31)20-13-23(32-3)26(34-5)24(14-20)33-4)17-22-16-28(11-12-35-22)25(30)18-36-21-9-7-6-8-10-21/h6-10,13-14,19,22H,11-12,15-18H2,1-5H3/t22-/m1/s1. The fraction of sp³-hybridized carbons (Fsp3) is 0.481. The highest BCUT2D eigenvalue weighted by Gasteiger charge is 2.29. The van der Waals surface area contributed by atoms with Gasteiger partial charge in [0.2, 0.25) is 5.75 Å². The zero-order valence-corrected chi connectivity index (χ0v) is 21.7. The van der Waals surface area contributed by atoms with E-state index in [2.05, 4.69) is 0 Å². The van der Waals surface area contributed by atoms with Gasteiger partial charge < -0.3 is 33.5 Å². The highest BCUT2D eigenvalue weighted by Crippen LogP contribution is 2.38. The Labute approximate surface area is 212 Å². The number of para-hydroxylation sites is 1. The van der Waals surface area contributed by atoms with Crippen molar-refractivity contribution < 1.29 is 33.3 Å². The van der Waals surface area contributed by atoms with Gasteiger partial charge in [0, 0.05) is 31.7 Å². The average Bonchev–Trinajstić information content (AvgIpc) is 2.90.